The standard InChI is InChI=1S/C16H23N3O3/c1-4-12(2)17-15(20)10-13(3)18-19-16(21)11-22-14-8-6-5-7-9-14/h5-9,12H,4,10-11H2,1-3H3,(H,17,20)(H,19,21)/b18-13-/t12-/m0/s1. The number of nitrogens with one attached hydrogen (secondary N) is 2. The molecule has 1 rings (SSSR count). The summed E-state index contributed by atoms with van der Waals surface area (Å²) in [6, 6.07) is 9.18. The third-order valence-electron chi connectivity index (χ3n) is 2.92. The van der Waals surface area contributed by atoms with Crippen molar-refractivity contribution in [3.8, 4) is 5.75 Å². The normalized spacial score (nSPS) is 12.4. The number of hydrogen-bond acceptors (Lipinski definition) is 4. The van der Waals surface area contributed by atoms with E-state index in [4.69, 9.17) is 4.74 Å². The molecule has 0 bridgehead atoms. The van der Waals surface area contributed by atoms with E-state index in [9.17, 15) is 9.59 Å². The Kier molecular flexibility index (Phi) is 7.67. The van der Waals surface area contributed by atoms with Crippen LogP contribution in [0.3, 0.4) is 0 Å². The number of ether oxygens (including phenoxy) is 1. The molecule has 6 heteroatoms. The number of amides is 2. The van der Waals surface area contributed by atoms with Crippen molar-refractivity contribution in [2.75, 3.05) is 6.61 Å². The number of nitrogens with zero attached hydrogens (tertiary/aromatic N) is 1. The average Bonchev–Trinajstić information content (AvgIpc) is 2.51. The molecule has 6 nitrogen and oxygen atoms in total. The second-order valence-corrected chi connectivity index (χ2v) is 5.04. The molecule has 1 aromatic rings. The van der Waals surface area contributed by atoms with E-state index >= 15 is 0 Å². The number of hydrazone groups is 1. The van der Waals surface area contributed by atoms with Gasteiger partial charge in [0.05, 0.1) is 6.42 Å². The Hall–Kier alpha value is -2.37. The highest BCUT2D eigenvalue weighted by Crippen LogP contribution is 2.07. The molecule has 0 aromatic heterocycles. The smallest absolute Gasteiger partial charge is 0.277 e. The third kappa shape index (κ3) is 7.42. The number of benzene rings is 1. The van der Waals surface area contributed by atoms with Crippen molar-refractivity contribution in [2.24, 2.45) is 5.10 Å². The topological polar surface area (TPSA) is 79.8 Å². The Balaban J connectivity index is 2.30. The van der Waals surface area contributed by atoms with Gasteiger partial charge in [0.1, 0.15) is 5.75 Å². The van der Waals surface area contributed by atoms with Crippen molar-refractivity contribution in [1.29, 1.82) is 0 Å². The highest BCUT2D eigenvalue weighted by Gasteiger charge is 2.07. The van der Waals surface area contributed by atoms with Crippen LogP contribution in [-0.4, -0.2) is 30.2 Å². The molecule has 0 saturated heterocycles. The second-order valence-electron chi connectivity index (χ2n) is 5.04. The number of rotatable bonds is 8. The Bertz CT molecular complexity index is 515. The predicted molar refractivity (Wildman–Crippen MR) is 85.7 cm³/mol. The lowest BCUT2D eigenvalue weighted by atomic mass is 10.2. The molecule has 2 amide bonds. The van der Waals surface area contributed by atoms with Crippen LogP contribution in [0, 0.1) is 0 Å². The SMILES string of the molecule is CC[C@H](C)NC(=O)C/C(C)=N\NC(=O)COc1ccccc1. The summed E-state index contributed by atoms with van der Waals surface area (Å²) < 4.78 is 5.29. The number of carbonyl (C=O) groups is 2. The lowest BCUT2D eigenvalue weighted by Gasteiger charge is -2.11. The Morgan fingerprint density at radius 1 is 1.23 bits per heavy atom. The van der Waals surface area contributed by atoms with Crippen LogP contribution in [-0.2, 0) is 9.59 Å². The fourth-order valence-electron chi connectivity index (χ4n) is 1.56. The molecule has 22 heavy (non-hydrogen) atoms. The highest BCUT2D eigenvalue weighted by molar-refractivity contribution is 6.00. The van der Waals surface area contributed by atoms with E-state index in [0.717, 1.165) is 6.42 Å². The number of para-hydroxylation sites is 1. The molecule has 0 aliphatic heterocycles. The van der Waals surface area contributed by atoms with Crippen LogP contribution in [0.5, 0.6) is 5.75 Å². The van der Waals surface area contributed by atoms with Gasteiger partial charge in [-0.2, -0.15) is 5.10 Å². The molecular formula is C16H23N3O3. The minimum Gasteiger partial charge on any atom is -0.484 e. The van der Waals surface area contributed by atoms with Gasteiger partial charge in [-0.25, -0.2) is 5.43 Å². The van der Waals surface area contributed by atoms with E-state index in [-0.39, 0.29) is 30.9 Å². The van der Waals surface area contributed by atoms with Crippen LogP contribution in [0.2, 0.25) is 0 Å². The van der Waals surface area contributed by atoms with Gasteiger partial charge in [-0.3, -0.25) is 9.59 Å². The van der Waals surface area contributed by atoms with E-state index in [1.807, 2.05) is 32.0 Å². The zero-order valence-electron chi connectivity index (χ0n) is 13.3. The largest absolute Gasteiger partial charge is 0.484 e. The second kappa shape index (κ2) is 9.55. The first kappa shape index (κ1) is 17.7. The van der Waals surface area contributed by atoms with Gasteiger partial charge in [-0.1, -0.05) is 25.1 Å². The molecule has 0 heterocycles. The molecule has 0 unspecified atom stereocenters. The van der Waals surface area contributed by atoms with Crippen molar-refractivity contribution in [3.63, 3.8) is 0 Å². The summed E-state index contributed by atoms with van der Waals surface area (Å²) in [5.41, 5.74) is 2.91. The molecule has 0 radical (unpaired) electrons. The molecule has 120 valence electrons. The molecule has 0 fully saturated rings. The van der Waals surface area contributed by atoms with Crippen LogP contribution in [0.4, 0.5) is 0 Å². The fraction of sp³-hybridized carbons (Fsp3) is 0.438. The summed E-state index contributed by atoms with van der Waals surface area (Å²) in [5.74, 6) is 0.141. The van der Waals surface area contributed by atoms with Crippen LogP contribution in [0.25, 0.3) is 0 Å². The lowest BCUT2D eigenvalue weighted by molar-refractivity contribution is -0.123. The maximum Gasteiger partial charge on any atom is 0.277 e. The fourth-order valence-corrected chi connectivity index (χ4v) is 1.56. The van der Waals surface area contributed by atoms with Crippen molar-refractivity contribution in [1.82, 2.24) is 10.7 Å². The molecule has 0 saturated carbocycles. The Labute approximate surface area is 130 Å². The molecule has 1 atom stereocenters. The Morgan fingerprint density at radius 3 is 2.55 bits per heavy atom. The summed E-state index contributed by atoms with van der Waals surface area (Å²) in [5, 5.41) is 6.72. The first-order chi connectivity index (χ1) is 10.5. The molecule has 1 aromatic carbocycles. The van der Waals surface area contributed by atoms with Crippen LogP contribution in [0.1, 0.15) is 33.6 Å². The molecule has 0 spiro atoms. The summed E-state index contributed by atoms with van der Waals surface area (Å²) in [6.07, 6.45) is 1.03. The monoisotopic (exact) mass is 305 g/mol. The van der Waals surface area contributed by atoms with Crippen LogP contribution < -0.4 is 15.5 Å². The number of hydrogen-bond donors (Lipinski definition) is 2. The van der Waals surface area contributed by atoms with Gasteiger partial charge in [0, 0.05) is 11.8 Å². The summed E-state index contributed by atoms with van der Waals surface area (Å²) in [7, 11) is 0. The summed E-state index contributed by atoms with van der Waals surface area (Å²) in [4.78, 5) is 23.2. The van der Waals surface area contributed by atoms with Crippen molar-refractivity contribution >= 4 is 17.5 Å². The van der Waals surface area contributed by atoms with E-state index in [1.54, 1.807) is 19.1 Å². The third-order valence-corrected chi connectivity index (χ3v) is 2.92. The van der Waals surface area contributed by atoms with E-state index in [0.29, 0.717) is 11.5 Å². The van der Waals surface area contributed by atoms with Gasteiger partial charge in [0.2, 0.25) is 5.91 Å². The zero-order valence-corrected chi connectivity index (χ0v) is 13.3. The van der Waals surface area contributed by atoms with E-state index < -0.39 is 0 Å². The number of carbonyl (C=O) groups excluding carboxylic acids is 2. The highest BCUT2D eigenvalue weighted by atomic mass is 16.5. The van der Waals surface area contributed by atoms with Crippen LogP contribution >= 0.6 is 0 Å². The minimum absolute atomic E-state index is 0.106. The van der Waals surface area contributed by atoms with Crippen LogP contribution in [0.15, 0.2) is 35.4 Å². The lowest BCUT2D eigenvalue weighted by Crippen LogP contribution is -2.33. The van der Waals surface area contributed by atoms with Gasteiger partial charge < -0.3 is 10.1 Å². The maximum absolute atomic E-state index is 11.6. The van der Waals surface area contributed by atoms with E-state index in [1.165, 1.54) is 0 Å². The minimum atomic E-state index is -0.370. The first-order valence-corrected chi connectivity index (χ1v) is 7.30. The van der Waals surface area contributed by atoms with Gasteiger partial charge in [-0.05, 0) is 32.4 Å². The van der Waals surface area contributed by atoms with Gasteiger partial charge in [0.15, 0.2) is 6.61 Å². The van der Waals surface area contributed by atoms with Gasteiger partial charge in [0.25, 0.3) is 5.91 Å². The molecule has 0 aliphatic carbocycles. The maximum atomic E-state index is 11.6. The van der Waals surface area contributed by atoms with Gasteiger partial charge >= 0.3 is 0 Å². The zero-order chi connectivity index (χ0) is 16.4. The molecule has 0 aliphatic rings. The molecular weight excluding hydrogens is 282 g/mol. The Morgan fingerprint density at radius 2 is 1.91 bits per heavy atom. The van der Waals surface area contributed by atoms with Gasteiger partial charge in [-0.15, -0.1) is 0 Å². The predicted octanol–water partition coefficient (Wildman–Crippen LogP) is 1.86. The average molecular weight is 305 g/mol. The van der Waals surface area contributed by atoms with Crippen molar-refractivity contribution in [2.45, 2.75) is 39.7 Å². The van der Waals surface area contributed by atoms with Crippen molar-refractivity contribution in [3.05, 3.63) is 30.3 Å². The summed E-state index contributed by atoms with van der Waals surface area (Å²) in [6.45, 7) is 5.50. The molecule has 2 N–H and O–H groups in total. The first-order valence-electron chi connectivity index (χ1n) is 7.30. The van der Waals surface area contributed by atoms with E-state index in [2.05, 4.69) is 15.8 Å². The quantitative estimate of drug-likeness (QED) is 0.568. The van der Waals surface area contributed by atoms with Crippen molar-refractivity contribution < 1.29 is 14.3 Å². The summed E-state index contributed by atoms with van der Waals surface area (Å²) >= 11 is 0.